The molecule has 3 aromatic rings. The highest BCUT2D eigenvalue weighted by Gasteiger charge is 2.33. The quantitative estimate of drug-likeness (QED) is 0.514. The number of anilines is 1. The monoisotopic (exact) mass is 411 g/mol. The SMILES string of the molecule is Cc1ccc2c(c1)OC[C@H](c1ccccc1)[C@@H]2c1ccc(N2CCC(C=O)CC2)cc1. The van der Waals surface area contributed by atoms with Gasteiger partial charge in [0.2, 0.25) is 0 Å². The van der Waals surface area contributed by atoms with Crippen LogP contribution in [0.2, 0.25) is 0 Å². The van der Waals surface area contributed by atoms with Crippen molar-refractivity contribution in [3.63, 3.8) is 0 Å². The summed E-state index contributed by atoms with van der Waals surface area (Å²) in [7, 11) is 0. The van der Waals surface area contributed by atoms with Crippen LogP contribution >= 0.6 is 0 Å². The predicted octanol–water partition coefficient (Wildman–Crippen LogP) is 5.72. The maximum absolute atomic E-state index is 11.1. The van der Waals surface area contributed by atoms with Crippen molar-refractivity contribution in [1.82, 2.24) is 0 Å². The highest BCUT2D eigenvalue weighted by atomic mass is 16.5. The van der Waals surface area contributed by atoms with E-state index >= 15 is 0 Å². The van der Waals surface area contributed by atoms with Gasteiger partial charge in [-0.25, -0.2) is 0 Å². The first-order valence-corrected chi connectivity index (χ1v) is 11.3. The van der Waals surface area contributed by atoms with Gasteiger partial charge in [0.05, 0.1) is 6.61 Å². The summed E-state index contributed by atoms with van der Waals surface area (Å²) in [5.41, 5.74) is 6.39. The second-order valence-electron chi connectivity index (χ2n) is 8.90. The Morgan fingerprint density at radius 2 is 1.65 bits per heavy atom. The molecule has 0 amide bonds. The number of piperidine rings is 1. The van der Waals surface area contributed by atoms with E-state index in [9.17, 15) is 4.79 Å². The van der Waals surface area contributed by atoms with E-state index in [2.05, 4.69) is 84.6 Å². The summed E-state index contributed by atoms with van der Waals surface area (Å²) >= 11 is 0. The van der Waals surface area contributed by atoms with Gasteiger partial charge in [-0.1, -0.05) is 54.6 Å². The van der Waals surface area contributed by atoms with E-state index in [0.29, 0.717) is 6.61 Å². The molecule has 31 heavy (non-hydrogen) atoms. The third kappa shape index (κ3) is 3.97. The van der Waals surface area contributed by atoms with Gasteiger partial charge in [-0.2, -0.15) is 0 Å². The molecule has 0 bridgehead atoms. The molecule has 2 heterocycles. The summed E-state index contributed by atoms with van der Waals surface area (Å²) in [5, 5.41) is 0. The van der Waals surface area contributed by atoms with Crippen LogP contribution in [-0.4, -0.2) is 26.0 Å². The maximum atomic E-state index is 11.1. The Hall–Kier alpha value is -3.07. The van der Waals surface area contributed by atoms with Crippen LogP contribution < -0.4 is 9.64 Å². The maximum Gasteiger partial charge on any atom is 0.123 e. The van der Waals surface area contributed by atoms with Gasteiger partial charge < -0.3 is 14.4 Å². The largest absolute Gasteiger partial charge is 0.493 e. The highest BCUT2D eigenvalue weighted by molar-refractivity contribution is 5.56. The lowest BCUT2D eigenvalue weighted by atomic mass is 9.75. The summed E-state index contributed by atoms with van der Waals surface area (Å²) < 4.78 is 6.23. The molecule has 2 aliphatic rings. The van der Waals surface area contributed by atoms with Crippen LogP contribution in [0.3, 0.4) is 0 Å². The van der Waals surface area contributed by atoms with E-state index in [1.54, 1.807) is 0 Å². The first-order chi connectivity index (χ1) is 15.2. The second-order valence-corrected chi connectivity index (χ2v) is 8.90. The van der Waals surface area contributed by atoms with Crippen molar-refractivity contribution >= 4 is 12.0 Å². The van der Waals surface area contributed by atoms with E-state index in [-0.39, 0.29) is 17.8 Å². The molecule has 2 aliphatic heterocycles. The zero-order valence-electron chi connectivity index (χ0n) is 18.0. The molecular formula is C28H29NO2. The number of nitrogens with zero attached hydrogens (tertiary/aromatic N) is 1. The van der Waals surface area contributed by atoms with E-state index < -0.39 is 0 Å². The van der Waals surface area contributed by atoms with Crippen LogP contribution in [-0.2, 0) is 4.79 Å². The number of fused-ring (bicyclic) bond motifs is 1. The Balaban J connectivity index is 1.47. The Morgan fingerprint density at radius 1 is 0.903 bits per heavy atom. The molecule has 1 saturated heterocycles. The fraction of sp³-hybridized carbons (Fsp3) is 0.321. The van der Waals surface area contributed by atoms with Crippen LogP contribution in [0.15, 0.2) is 72.8 Å². The Bertz CT molecular complexity index is 1040. The minimum Gasteiger partial charge on any atom is -0.493 e. The molecule has 3 nitrogen and oxygen atoms in total. The lowest BCUT2D eigenvalue weighted by Crippen LogP contribution is -2.34. The Kier molecular flexibility index (Phi) is 5.50. The minimum absolute atomic E-state index is 0.226. The normalized spacial score (nSPS) is 21.3. The number of hydrogen-bond donors (Lipinski definition) is 0. The van der Waals surface area contributed by atoms with Gasteiger partial charge in [-0.3, -0.25) is 0 Å². The lowest BCUT2D eigenvalue weighted by molar-refractivity contribution is -0.111. The smallest absolute Gasteiger partial charge is 0.123 e. The molecule has 2 atom stereocenters. The molecule has 0 saturated carbocycles. The van der Waals surface area contributed by atoms with Crippen LogP contribution in [0.4, 0.5) is 5.69 Å². The molecule has 1 fully saturated rings. The van der Waals surface area contributed by atoms with Gasteiger partial charge in [-0.05, 0) is 54.7 Å². The number of rotatable bonds is 4. The van der Waals surface area contributed by atoms with Crippen molar-refractivity contribution < 1.29 is 9.53 Å². The molecular weight excluding hydrogens is 382 g/mol. The van der Waals surface area contributed by atoms with Crippen LogP contribution in [0.5, 0.6) is 5.75 Å². The summed E-state index contributed by atoms with van der Waals surface area (Å²) in [6, 6.07) is 26.4. The molecule has 3 heteroatoms. The van der Waals surface area contributed by atoms with Crippen molar-refractivity contribution in [2.24, 2.45) is 5.92 Å². The van der Waals surface area contributed by atoms with Crippen LogP contribution in [0.1, 0.15) is 46.9 Å². The topological polar surface area (TPSA) is 29.5 Å². The van der Waals surface area contributed by atoms with Gasteiger partial charge in [0.1, 0.15) is 12.0 Å². The fourth-order valence-electron chi connectivity index (χ4n) is 5.10. The van der Waals surface area contributed by atoms with Crippen molar-refractivity contribution in [3.05, 3.63) is 95.1 Å². The van der Waals surface area contributed by atoms with E-state index in [4.69, 9.17) is 4.74 Å². The standard InChI is InChI=1S/C28H29NO2/c1-20-7-12-25-27(17-20)31-19-26(22-5-3-2-4-6-22)28(25)23-8-10-24(11-9-23)29-15-13-21(18-30)14-16-29/h2-12,17-18,21,26,28H,13-16,19H2,1H3/t26-,28-/m1/s1. The van der Waals surface area contributed by atoms with Crippen molar-refractivity contribution in [1.29, 1.82) is 0 Å². The number of benzene rings is 3. The molecule has 0 aromatic heterocycles. The minimum atomic E-state index is 0.226. The summed E-state index contributed by atoms with van der Waals surface area (Å²) in [6.07, 6.45) is 3.02. The molecule has 3 aromatic carbocycles. The second kappa shape index (κ2) is 8.58. The van der Waals surface area contributed by atoms with E-state index in [0.717, 1.165) is 38.0 Å². The molecule has 0 spiro atoms. The van der Waals surface area contributed by atoms with Crippen molar-refractivity contribution in [3.8, 4) is 5.75 Å². The molecule has 0 unspecified atom stereocenters. The summed E-state index contributed by atoms with van der Waals surface area (Å²) in [6.45, 7) is 4.71. The molecule has 0 aliphatic carbocycles. The van der Waals surface area contributed by atoms with Crippen molar-refractivity contribution in [2.45, 2.75) is 31.6 Å². The number of ether oxygens (including phenoxy) is 1. The number of carbonyl (C=O) groups excluding carboxylic acids is 1. The number of carbonyl (C=O) groups is 1. The van der Waals surface area contributed by atoms with Gasteiger partial charge in [0.15, 0.2) is 0 Å². The average Bonchev–Trinajstić information content (AvgIpc) is 2.84. The number of aryl methyl sites for hydroxylation is 1. The molecule has 5 rings (SSSR count). The third-order valence-corrected chi connectivity index (χ3v) is 6.90. The zero-order chi connectivity index (χ0) is 21.2. The average molecular weight is 412 g/mol. The summed E-state index contributed by atoms with van der Waals surface area (Å²) in [4.78, 5) is 13.5. The zero-order valence-corrected chi connectivity index (χ0v) is 18.0. The molecule has 0 N–H and O–H groups in total. The lowest BCUT2D eigenvalue weighted by Gasteiger charge is -2.35. The van der Waals surface area contributed by atoms with Crippen LogP contribution in [0, 0.1) is 12.8 Å². The van der Waals surface area contributed by atoms with Gasteiger partial charge in [0, 0.05) is 42.1 Å². The number of hydrogen-bond acceptors (Lipinski definition) is 3. The summed E-state index contributed by atoms with van der Waals surface area (Å²) in [5.74, 6) is 1.79. The van der Waals surface area contributed by atoms with Gasteiger partial charge in [-0.15, -0.1) is 0 Å². The predicted molar refractivity (Wildman–Crippen MR) is 125 cm³/mol. The molecule has 158 valence electrons. The van der Waals surface area contributed by atoms with Gasteiger partial charge in [0.25, 0.3) is 0 Å². The third-order valence-electron chi connectivity index (χ3n) is 6.90. The van der Waals surface area contributed by atoms with E-state index in [1.807, 2.05) is 0 Å². The highest BCUT2D eigenvalue weighted by Crippen LogP contribution is 2.46. The Morgan fingerprint density at radius 3 is 2.35 bits per heavy atom. The van der Waals surface area contributed by atoms with Crippen molar-refractivity contribution in [2.75, 3.05) is 24.6 Å². The van der Waals surface area contributed by atoms with Gasteiger partial charge >= 0.3 is 0 Å². The first-order valence-electron chi connectivity index (χ1n) is 11.3. The Labute approximate surface area is 184 Å². The fourth-order valence-corrected chi connectivity index (χ4v) is 5.10. The number of aldehydes is 1. The molecule has 0 radical (unpaired) electrons. The van der Waals surface area contributed by atoms with Crippen LogP contribution in [0.25, 0.3) is 0 Å². The van der Waals surface area contributed by atoms with E-state index in [1.165, 1.54) is 27.9 Å². The first kappa shape index (κ1) is 19.9.